The maximum Gasteiger partial charge on any atom is 0.414 e. The zero-order valence-corrected chi connectivity index (χ0v) is 82.7. The SMILES string of the molecule is CC(=O)CCCC(=O)O.CC(=O)OCC1c2ccccc2-c2ccccc21.CC(C)(C)OC(=O)NC(=NCCCCCC(=O)OCC1c2ccccc2-c2ccccc21)NC(=O)OC(C)(C)C.CC(C)(C)OC(=O)NC(=NCCCCN)NC(=O)OC(C)(C)C.CC(C)(C)OC(=O)NC(=NCCCCN)NC(=O)OC(C)(C)C.ClCCl.O=C1CCCC(=O)O1.[HH].[NH-]CCCCN=C(N)N. The van der Waals surface area contributed by atoms with Crippen molar-refractivity contribution >= 4 is 119 Å². The number of Topliss-reactive ketones (excluding diaryl/α,β-unsaturated/α-hetero) is 1. The lowest BCUT2D eigenvalue weighted by Crippen LogP contribution is -2.47. The number of amides is 6. The Morgan fingerprint density at radius 2 is 0.692 bits per heavy atom. The number of guanidine groups is 4. The van der Waals surface area contributed by atoms with E-state index in [0.29, 0.717) is 110 Å². The van der Waals surface area contributed by atoms with Crippen molar-refractivity contribution in [2.75, 3.05) is 64.4 Å². The zero-order chi connectivity index (χ0) is 101. The Hall–Kier alpha value is -11.5. The first-order valence-corrected chi connectivity index (χ1v) is 45.1. The number of aliphatic carboxylic acids is 1. The number of esters is 4. The third kappa shape index (κ3) is 63.3. The van der Waals surface area contributed by atoms with E-state index in [0.717, 1.165) is 44.9 Å². The van der Waals surface area contributed by atoms with Crippen molar-refractivity contribution in [1.29, 1.82) is 0 Å². The van der Waals surface area contributed by atoms with Crippen LogP contribution in [0.3, 0.4) is 0 Å². The summed E-state index contributed by atoms with van der Waals surface area (Å²) in [6.07, 6.45) is 5.27. The van der Waals surface area contributed by atoms with Gasteiger partial charge >= 0.3 is 66.4 Å². The number of hydrogen-bond donors (Lipinski definition) is 11. The van der Waals surface area contributed by atoms with E-state index in [1.54, 1.807) is 125 Å². The van der Waals surface area contributed by atoms with Crippen molar-refractivity contribution < 1.29 is 107 Å². The van der Waals surface area contributed by atoms with Gasteiger partial charge in [-0.05, 0) is 247 Å². The fourth-order valence-corrected chi connectivity index (χ4v) is 11.2. The number of hydrogen-bond acceptors (Lipinski definition) is 27. The summed E-state index contributed by atoms with van der Waals surface area (Å²) in [7, 11) is 0. The Morgan fingerprint density at radius 1 is 0.414 bits per heavy atom. The average Bonchev–Trinajstić information content (AvgIpc) is 1.62. The summed E-state index contributed by atoms with van der Waals surface area (Å²) < 4.78 is 46.1. The minimum Gasteiger partial charge on any atom is -0.677 e. The molecule has 4 aromatic carbocycles. The van der Waals surface area contributed by atoms with Gasteiger partial charge in [0.1, 0.15) is 52.6 Å². The maximum atomic E-state index is 12.5. The number of halogens is 2. The highest BCUT2D eigenvalue weighted by Gasteiger charge is 2.32. The number of ether oxygens (including phenoxy) is 9. The molecule has 0 atom stereocenters. The highest BCUT2D eigenvalue weighted by molar-refractivity contribution is 6.40. The van der Waals surface area contributed by atoms with E-state index in [-0.39, 0.29) is 78.5 Å². The Bertz CT molecular complexity index is 4120. The summed E-state index contributed by atoms with van der Waals surface area (Å²) >= 11 is 9.53. The van der Waals surface area contributed by atoms with Crippen molar-refractivity contribution in [3.8, 4) is 22.3 Å². The van der Waals surface area contributed by atoms with Crippen LogP contribution in [0, 0.1) is 0 Å². The van der Waals surface area contributed by atoms with Crippen molar-refractivity contribution in [1.82, 2.24) is 31.9 Å². The molecule has 3 aliphatic rings. The van der Waals surface area contributed by atoms with E-state index in [4.69, 9.17) is 94.9 Å². The molecule has 0 spiro atoms. The Balaban J connectivity index is 0. The van der Waals surface area contributed by atoms with Gasteiger partial charge in [0.2, 0.25) is 17.9 Å². The number of carbonyl (C=O) groups is 12. The second-order valence-corrected chi connectivity index (χ2v) is 36.5. The minimum atomic E-state index is -0.837. The number of alkyl halides is 2. The molecule has 1 fully saturated rings. The molecule has 39 heteroatoms. The molecule has 133 heavy (non-hydrogen) atoms. The molecule has 1 saturated heterocycles. The number of carboxylic acids is 1. The van der Waals surface area contributed by atoms with Crippen molar-refractivity contribution in [3.63, 3.8) is 0 Å². The Morgan fingerprint density at radius 3 is 0.940 bits per heavy atom. The fourth-order valence-electron chi connectivity index (χ4n) is 11.2. The number of unbranched alkanes of at least 4 members (excludes halogenated alkanes) is 5. The summed E-state index contributed by atoms with van der Waals surface area (Å²) in [6, 6.07) is 33.1. The summed E-state index contributed by atoms with van der Waals surface area (Å²) in [5, 5.41) is 22.9. The number of alkyl carbamates (subject to hydrolysis) is 6. The van der Waals surface area contributed by atoms with Gasteiger partial charge in [0, 0.05) is 78.5 Å². The van der Waals surface area contributed by atoms with Crippen molar-refractivity contribution in [2.24, 2.45) is 42.9 Å². The van der Waals surface area contributed by atoms with Gasteiger partial charge in [0.25, 0.3) is 0 Å². The highest BCUT2D eigenvalue weighted by atomic mass is 35.5. The number of rotatable bonds is 26. The maximum absolute atomic E-state index is 12.5. The van der Waals surface area contributed by atoms with Crippen LogP contribution in [-0.4, -0.2) is 199 Å². The van der Waals surface area contributed by atoms with Crippen LogP contribution in [0.4, 0.5) is 28.8 Å². The molecular weight excluding hydrogens is 1760 g/mol. The van der Waals surface area contributed by atoms with Gasteiger partial charge in [-0.25, -0.2) is 28.8 Å². The van der Waals surface area contributed by atoms with Gasteiger partial charge in [-0.2, -0.15) is 6.54 Å². The van der Waals surface area contributed by atoms with Crippen LogP contribution < -0.4 is 54.8 Å². The second kappa shape index (κ2) is 64.3. The number of cyclic esters (lactones) is 2. The minimum absolute atomic E-state index is 0. The molecule has 0 unspecified atom stereocenters. The number of benzene rings is 4. The normalized spacial score (nSPS) is 12.1. The van der Waals surface area contributed by atoms with E-state index in [9.17, 15) is 57.5 Å². The first-order valence-electron chi connectivity index (χ1n) is 44.0. The number of carbonyl (C=O) groups excluding carboxylic acids is 11. The highest BCUT2D eigenvalue weighted by Crippen LogP contribution is 2.46. The van der Waals surface area contributed by atoms with E-state index < -0.39 is 76.1 Å². The average molecular weight is 1910 g/mol. The quantitative estimate of drug-likeness (QED) is 0.00529. The molecule has 0 bridgehead atoms. The van der Waals surface area contributed by atoms with Crippen LogP contribution in [0.25, 0.3) is 28.0 Å². The number of nitrogens with one attached hydrogen (secondary N) is 7. The zero-order valence-electron chi connectivity index (χ0n) is 81.2. The molecular formula is C94H148Cl2N15O22-. The van der Waals surface area contributed by atoms with E-state index in [1.807, 2.05) is 48.5 Å². The topological polar surface area (TPSA) is 558 Å². The van der Waals surface area contributed by atoms with Gasteiger partial charge in [0.05, 0.1) is 5.34 Å². The number of nitrogens with two attached hydrogens (primary N) is 4. The lowest BCUT2D eigenvalue weighted by molar-refractivity contribution is -0.163. The molecule has 1 aliphatic heterocycles. The lowest BCUT2D eigenvalue weighted by Gasteiger charge is -2.22. The number of carboxylic acid groups (broad SMARTS) is 1. The van der Waals surface area contributed by atoms with E-state index >= 15 is 0 Å². The predicted octanol–water partition coefficient (Wildman–Crippen LogP) is 16.8. The summed E-state index contributed by atoms with van der Waals surface area (Å²) in [4.78, 5) is 152. The summed E-state index contributed by atoms with van der Waals surface area (Å²) in [6.45, 7) is 38.4. The monoisotopic (exact) mass is 1910 g/mol. The number of ketones is 1. The first-order chi connectivity index (χ1) is 62.0. The predicted molar refractivity (Wildman–Crippen MR) is 518 cm³/mol. The van der Waals surface area contributed by atoms with Crippen LogP contribution >= 0.6 is 23.2 Å². The van der Waals surface area contributed by atoms with Gasteiger partial charge in [-0.1, -0.05) is 110 Å². The van der Waals surface area contributed by atoms with Crippen LogP contribution in [0.2, 0.25) is 0 Å². The van der Waals surface area contributed by atoms with Crippen LogP contribution in [0.15, 0.2) is 117 Å². The summed E-state index contributed by atoms with van der Waals surface area (Å²) in [5.41, 5.74) is 33.5. The number of nitrogens with zero attached hydrogens (tertiary/aromatic N) is 4. The third-order valence-electron chi connectivity index (χ3n) is 16.4. The van der Waals surface area contributed by atoms with E-state index in [1.165, 1.54) is 58.4 Å². The molecule has 0 saturated carbocycles. The molecule has 7 rings (SSSR count). The Kier molecular flexibility index (Phi) is 58.8. The molecule has 4 aromatic rings. The lowest BCUT2D eigenvalue weighted by atomic mass is 9.98. The molecule has 16 N–H and O–H groups in total. The number of aliphatic imine (C=N–C) groups is 4. The molecule has 746 valence electrons. The van der Waals surface area contributed by atoms with Crippen molar-refractivity contribution in [2.45, 2.75) is 287 Å². The Labute approximate surface area is 795 Å². The molecule has 2 aliphatic carbocycles. The molecule has 0 radical (unpaired) electrons. The fraction of sp³-hybridized carbons (Fsp3) is 0.574. The van der Waals surface area contributed by atoms with Crippen LogP contribution in [-0.2, 0) is 71.4 Å². The van der Waals surface area contributed by atoms with Crippen LogP contribution in [0.5, 0.6) is 0 Å². The van der Waals surface area contributed by atoms with Crippen molar-refractivity contribution in [3.05, 3.63) is 125 Å². The number of fused-ring (bicyclic) bond motifs is 6. The van der Waals surface area contributed by atoms with Gasteiger partial charge in [0.15, 0.2) is 5.96 Å². The smallest absolute Gasteiger partial charge is 0.414 e. The van der Waals surface area contributed by atoms with Crippen LogP contribution in [0.1, 0.15) is 277 Å². The van der Waals surface area contributed by atoms with E-state index in [2.05, 4.69) is 105 Å². The van der Waals surface area contributed by atoms with Gasteiger partial charge in [-0.15, -0.1) is 23.2 Å². The molecule has 6 amide bonds. The first kappa shape index (κ1) is 121. The van der Waals surface area contributed by atoms with Gasteiger partial charge in [-0.3, -0.25) is 75.8 Å². The largest absolute Gasteiger partial charge is 0.677 e. The standard InChI is InChI=1S/C31H41N3O6.C16H14O2.2C15H30N4O4.C6H10O3.C5H13N4.C5H6O3.CH2Cl2.H2/c1-30(2,3)39-28(36)33-27(34-29(37)40-31(4,5)6)32-19-13-7-8-18-26(35)38-20-25-23-16-11-9-14-21(23)22-15-10-12-17-24(22)25;1-11(17)18-10-16-14-8-4-2-6-12(14)13-7-3-5-9-15(13)16;2*1-14(2,3)22-12(20)18-11(17-10-8-7-9-16)19-13(21)23-15(4,5)6;1-5(7)3-2-4-6(8)9;6-3-1-2-4-9-5(7)8;6-4-2-1-3-5(7)8-4;2-1-3;/h9-12,14-17,25H,7-8,13,18-20H2,1-6H3,(H2,32,33,34,36,37);2-9,16H,10H2,1H3;2*7-10,16H2,1-6H3,(H2,17,18,19,20,21);2-4H2,1H3,(H,8,9);6H,1-4H2,(H4,7,8,9);1-3H2;1H2;1H/q;;;;;-1;;;. The summed E-state index contributed by atoms with van der Waals surface area (Å²) in [5.74, 6) is -1.74. The molecule has 0 aromatic heterocycles. The molecule has 1 heterocycles. The third-order valence-corrected chi connectivity index (χ3v) is 16.4. The van der Waals surface area contributed by atoms with Gasteiger partial charge < -0.3 is 81.2 Å². The molecule has 37 nitrogen and oxygen atoms in total. The second-order valence-electron chi connectivity index (χ2n) is 35.7.